The van der Waals surface area contributed by atoms with Crippen molar-refractivity contribution < 1.29 is 5.11 Å². The maximum Gasteiger partial charge on any atom is 0.115 e. The zero-order valence-electron chi connectivity index (χ0n) is 9.51. The number of thiol groups is 1. The quantitative estimate of drug-likeness (QED) is 0.658. The number of hydrogen-bond acceptors (Lipinski definition) is 2. The van der Waals surface area contributed by atoms with Gasteiger partial charge in [0.25, 0.3) is 0 Å². The van der Waals surface area contributed by atoms with Crippen molar-refractivity contribution in [3.63, 3.8) is 0 Å². The fourth-order valence-electron chi connectivity index (χ4n) is 1.11. The molecule has 0 amide bonds. The molecule has 0 radical (unpaired) electrons. The molecule has 0 heterocycles. The van der Waals surface area contributed by atoms with Crippen LogP contribution < -0.4 is 0 Å². The molecular weight excluding hydrogens is 216 g/mol. The maximum atomic E-state index is 8.76. The zero-order valence-corrected chi connectivity index (χ0v) is 10.4. The van der Waals surface area contributed by atoms with Crippen LogP contribution in [-0.4, -0.2) is 5.11 Å². The predicted molar refractivity (Wildman–Crippen MR) is 71.3 cm³/mol. The van der Waals surface area contributed by atoms with E-state index in [9.17, 15) is 0 Å². The zero-order chi connectivity index (χ0) is 12.0. The molecule has 0 saturated heterocycles. The Morgan fingerprint density at radius 3 is 1.81 bits per heavy atom. The minimum atomic E-state index is 0.329. The smallest absolute Gasteiger partial charge is 0.115 e. The fourth-order valence-corrected chi connectivity index (χ4v) is 1.27. The summed E-state index contributed by atoms with van der Waals surface area (Å²) in [5, 5.41) is 8.76. The van der Waals surface area contributed by atoms with Crippen molar-refractivity contribution in [3.8, 4) is 5.75 Å². The number of rotatable bonds is 0. The number of phenols is 1. The number of aryl methyl sites for hydroxylation is 2. The average Bonchev–Trinajstić information content (AvgIpc) is 2.28. The van der Waals surface area contributed by atoms with E-state index in [2.05, 4.69) is 12.6 Å². The van der Waals surface area contributed by atoms with Gasteiger partial charge in [0.15, 0.2) is 0 Å². The van der Waals surface area contributed by atoms with Crippen LogP contribution in [0.2, 0.25) is 0 Å². The second kappa shape index (κ2) is 6.23. The largest absolute Gasteiger partial charge is 0.508 e. The molecule has 0 aliphatic heterocycles. The number of hydrogen-bond donors (Lipinski definition) is 2. The summed E-state index contributed by atoms with van der Waals surface area (Å²) in [6, 6.07) is 15.1. The third kappa shape index (κ3) is 4.41. The summed E-state index contributed by atoms with van der Waals surface area (Å²) in [5.74, 6) is 0.329. The van der Waals surface area contributed by atoms with Gasteiger partial charge in [-0.15, -0.1) is 12.6 Å². The van der Waals surface area contributed by atoms with Crippen LogP contribution in [0.3, 0.4) is 0 Å². The van der Waals surface area contributed by atoms with Gasteiger partial charge < -0.3 is 5.11 Å². The molecule has 0 fully saturated rings. The molecule has 0 atom stereocenters. The lowest BCUT2D eigenvalue weighted by Gasteiger charge is -1.92. The maximum absolute atomic E-state index is 8.76. The van der Waals surface area contributed by atoms with E-state index in [4.69, 9.17) is 5.11 Å². The molecule has 0 bridgehead atoms. The first kappa shape index (κ1) is 12.7. The third-order valence-electron chi connectivity index (χ3n) is 2.15. The van der Waals surface area contributed by atoms with Crippen LogP contribution in [0.1, 0.15) is 11.1 Å². The Labute approximate surface area is 102 Å². The molecule has 0 spiro atoms. The van der Waals surface area contributed by atoms with E-state index in [1.54, 1.807) is 12.1 Å². The predicted octanol–water partition coefficient (Wildman–Crippen LogP) is 3.98. The molecule has 0 aliphatic carbocycles. The lowest BCUT2D eigenvalue weighted by molar-refractivity contribution is 0.475. The van der Waals surface area contributed by atoms with Gasteiger partial charge in [0, 0.05) is 4.90 Å². The minimum Gasteiger partial charge on any atom is -0.508 e. The normalized spacial score (nSPS) is 9.19. The van der Waals surface area contributed by atoms with Crippen molar-refractivity contribution in [2.45, 2.75) is 18.7 Å². The molecule has 16 heavy (non-hydrogen) atoms. The Morgan fingerprint density at radius 2 is 1.44 bits per heavy atom. The monoisotopic (exact) mass is 232 g/mol. The van der Waals surface area contributed by atoms with Crippen molar-refractivity contribution in [2.24, 2.45) is 0 Å². The second-order valence-electron chi connectivity index (χ2n) is 3.62. The molecule has 0 unspecified atom stereocenters. The molecular formula is C14H16OS. The van der Waals surface area contributed by atoms with Gasteiger partial charge in [0.05, 0.1) is 0 Å². The molecule has 2 aromatic rings. The van der Waals surface area contributed by atoms with Gasteiger partial charge in [0.2, 0.25) is 0 Å². The first-order chi connectivity index (χ1) is 7.59. The molecule has 2 rings (SSSR count). The van der Waals surface area contributed by atoms with Crippen LogP contribution in [0.4, 0.5) is 0 Å². The standard InChI is InChI=1S/C7H8O.C7H8S/c1-6-2-4-7(8)5-3-6;1-6-4-2-3-5-7(6)8/h2*2-5,8H,1H3. The fraction of sp³-hybridized carbons (Fsp3) is 0.143. The minimum absolute atomic E-state index is 0.329. The highest BCUT2D eigenvalue weighted by Crippen LogP contribution is 2.09. The van der Waals surface area contributed by atoms with Crippen molar-refractivity contribution in [1.82, 2.24) is 0 Å². The van der Waals surface area contributed by atoms with Gasteiger partial charge in [0.1, 0.15) is 5.75 Å². The first-order valence-electron chi connectivity index (χ1n) is 5.10. The molecule has 0 aliphatic rings. The molecule has 0 aromatic heterocycles. The summed E-state index contributed by atoms with van der Waals surface area (Å²) >= 11 is 4.20. The van der Waals surface area contributed by atoms with Crippen LogP contribution in [0.5, 0.6) is 5.75 Å². The topological polar surface area (TPSA) is 20.2 Å². The summed E-state index contributed by atoms with van der Waals surface area (Å²) in [6.45, 7) is 4.03. The molecule has 0 saturated carbocycles. The van der Waals surface area contributed by atoms with Gasteiger partial charge in [-0.25, -0.2) is 0 Å². The summed E-state index contributed by atoms with van der Waals surface area (Å²) in [5.41, 5.74) is 2.40. The number of phenolic OH excluding ortho intramolecular Hbond substituents is 1. The van der Waals surface area contributed by atoms with Gasteiger partial charge in [-0.3, -0.25) is 0 Å². The lowest BCUT2D eigenvalue weighted by atomic mass is 10.2. The number of benzene rings is 2. The van der Waals surface area contributed by atoms with Gasteiger partial charge >= 0.3 is 0 Å². The Kier molecular flexibility index (Phi) is 4.93. The molecule has 84 valence electrons. The summed E-state index contributed by atoms with van der Waals surface area (Å²) in [7, 11) is 0. The van der Waals surface area contributed by atoms with Crippen LogP contribution in [-0.2, 0) is 0 Å². The second-order valence-corrected chi connectivity index (χ2v) is 4.10. The van der Waals surface area contributed by atoms with E-state index >= 15 is 0 Å². The van der Waals surface area contributed by atoms with Crippen LogP contribution in [0.25, 0.3) is 0 Å². The van der Waals surface area contributed by atoms with E-state index in [1.807, 2.05) is 50.2 Å². The number of aromatic hydroxyl groups is 1. The van der Waals surface area contributed by atoms with Crippen molar-refractivity contribution in [3.05, 3.63) is 59.7 Å². The highest BCUT2D eigenvalue weighted by atomic mass is 32.1. The molecule has 1 N–H and O–H groups in total. The van der Waals surface area contributed by atoms with Crippen LogP contribution in [0, 0.1) is 13.8 Å². The Balaban J connectivity index is 0.000000160. The van der Waals surface area contributed by atoms with Gasteiger partial charge in [-0.1, -0.05) is 35.9 Å². The summed E-state index contributed by atoms with van der Waals surface area (Å²) < 4.78 is 0. The average molecular weight is 232 g/mol. The van der Waals surface area contributed by atoms with E-state index in [1.165, 1.54) is 11.1 Å². The highest BCUT2D eigenvalue weighted by molar-refractivity contribution is 7.80. The third-order valence-corrected chi connectivity index (χ3v) is 2.65. The van der Waals surface area contributed by atoms with Crippen LogP contribution >= 0.6 is 12.6 Å². The Morgan fingerprint density at radius 1 is 0.875 bits per heavy atom. The lowest BCUT2D eigenvalue weighted by Crippen LogP contribution is -1.70. The SMILES string of the molecule is Cc1ccc(O)cc1.Cc1ccccc1S. The van der Waals surface area contributed by atoms with Crippen molar-refractivity contribution in [2.75, 3.05) is 0 Å². The van der Waals surface area contributed by atoms with Crippen molar-refractivity contribution >= 4 is 12.6 Å². The Hall–Kier alpha value is -1.41. The van der Waals surface area contributed by atoms with E-state index in [-0.39, 0.29) is 0 Å². The summed E-state index contributed by atoms with van der Waals surface area (Å²) in [6.07, 6.45) is 0. The van der Waals surface area contributed by atoms with E-state index in [0.29, 0.717) is 5.75 Å². The molecule has 1 nitrogen and oxygen atoms in total. The van der Waals surface area contributed by atoms with Crippen molar-refractivity contribution in [1.29, 1.82) is 0 Å². The molecule has 2 aromatic carbocycles. The highest BCUT2D eigenvalue weighted by Gasteiger charge is 1.85. The van der Waals surface area contributed by atoms with Crippen LogP contribution in [0.15, 0.2) is 53.4 Å². The summed E-state index contributed by atoms with van der Waals surface area (Å²) in [4.78, 5) is 1.06. The van der Waals surface area contributed by atoms with Gasteiger partial charge in [-0.2, -0.15) is 0 Å². The Bertz CT molecular complexity index is 393. The van der Waals surface area contributed by atoms with Gasteiger partial charge in [-0.05, 0) is 37.6 Å². The van der Waals surface area contributed by atoms with E-state index < -0.39 is 0 Å². The molecule has 2 heteroatoms. The first-order valence-corrected chi connectivity index (χ1v) is 5.54. The van der Waals surface area contributed by atoms with E-state index in [0.717, 1.165) is 4.90 Å².